The number of fused-ring (bicyclic) bond motifs is 3. The third-order valence-corrected chi connectivity index (χ3v) is 4.26. The number of aliphatic imine (C=N–C) groups is 1. The third-order valence-electron chi connectivity index (χ3n) is 4.26. The minimum absolute atomic E-state index is 0.173. The lowest BCUT2D eigenvalue weighted by molar-refractivity contribution is 0.0249. The van der Waals surface area contributed by atoms with Gasteiger partial charge in [0.2, 0.25) is 0 Å². The average molecular weight is 209 g/mol. The quantitative estimate of drug-likeness (QED) is 0.477. The van der Waals surface area contributed by atoms with Crippen LogP contribution in [0.2, 0.25) is 0 Å². The van der Waals surface area contributed by atoms with Crippen molar-refractivity contribution in [2.45, 2.75) is 24.5 Å². The van der Waals surface area contributed by atoms with Gasteiger partial charge in [0.25, 0.3) is 0 Å². The Labute approximate surface area is 90.3 Å². The van der Waals surface area contributed by atoms with Crippen LogP contribution in [-0.2, 0) is 4.74 Å². The molecule has 1 aliphatic heterocycles. The first-order valence-corrected chi connectivity index (χ1v) is 5.83. The number of ether oxygens (including phenoxy) is 1. The minimum Gasteiger partial charge on any atom is -0.370 e. The number of nitrogens with zero attached hydrogens (tertiary/aromatic N) is 1. The van der Waals surface area contributed by atoms with Crippen LogP contribution in [0.25, 0.3) is 0 Å². The van der Waals surface area contributed by atoms with E-state index in [1.54, 1.807) is 0 Å². The molecule has 1 heterocycles. The average Bonchev–Trinajstić information content (AvgIpc) is 3.10. The Hall–Kier alpha value is -0.450. The lowest BCUT2D eigenvalue weighted by Crippen LogP contribution is -2.35. The van der Waals surface area contributed by atoms with Crippen LogP contribution in [-0.4, -0.2) is 38.2 Å². The van der Waals surface area contributed by atoms with E-state index < -0.39 is 0 Å². The highest BCUT2D eigenvalue weighted by atomic mass is 16.5. The lowest BCUT2D eigenvalue weighted by atomic mass is 10.1. The SMILES string of the molecule is C=NCCC1C2OC3(CNCN)CC3C12. The van der Waals surface area contributed by atoms with Crippen molar-refractivity contribution < 1.29 is 4.74 Å². The maximum absolute atomic E-state index is 6.13. The van der Waals surface area contributed by atoms with Gasteiger partial charge < -0.3 is 20.8 Å². The van der Waals surface area contributed by atoms with Gasteiger partial charge in [-0.25, -0.2) is 0 Å². The maximum atomic E-state index is 6.13. The summed E-state index contributed by atoms with van der Waals surface area (Å²) in [7, 11) is 0. The summed E-state index contributed by atoms with van der Waals surface area (Å²) in [6.07, 6.45) is 2.93. The number of hydrogen-bond donors (Lipinski definition) is 2. The van der Waals surface area contributed by atoms with E-state index in [0.29, 0.717) is 12.8 Å². The summed E-state index contributed by atoms with van der Waals surface area (Å²) in [6.45, 7) is 5.90. The van der Waals surface area contributed by atoms with Gasteiger partial charge in [-0.3, -0.25) is 0 Å². The summed E-state index contributed by atoms with van der Waals surface area (Å²) in [5.74, 6) is 2.40. The van der Waals surface area contributed by atoms with E-state index in [0.717, 1.165) is 37.3 Å². The van der Waals surface area contributed by atoms with E-state index in [-0.39, 0.29) is 5.60 Å². The van der Waals surface area contributed by atoms with Gasteiger partial charge in [0.05, 0.1) is 11.7 Å². The molecule has 0 aromatic rings. The van der Waals surface area contributed by atoms with Crippen molar-refractivity contribution in [3.63, 3.8) is 0 Å². The summed E-state index contributed by atoms with van der Waals surface area (Å²) >= 11 is 0. The van der Waals surface area contributed by atoms with Crippen molar-refractivity contribution in [1.82, 2.24) is 5.32 Å². The smallest absolute Gasteiger partial charge is 0.0847 e. The van der Waals surface area contributed by atoms with Crippen LogP contribution >= 0.6 is 0 Å². The van der Waals surface area contributed by atoms with Gasteiger partial charge in [-0.2, -0.15) is 0 Å². The maximum Gasteiger partial charge on any atom is 0.0847 e. The van der Waals surface area contributed by atoms with Gasteiger partial charge in [0.15, 0.2) is 0 Å². The van der Waals surface area contributed by atoms with Crippen molar-refractivity contribution in [1.29, 1.82) is 0 Å². The summed E-state index contributed by atoms with van der Waals surface area (Å²) < 4.78 is 6.13. The van der Waals surface area contributed by atoms with Crippen LogP contribution in [0.3, 0.4) is 0 Å². The fourth-order valence-electron chi connectivity index (χ4n) is 3.39. The Kier molecular flexibility index (Phi) is 2.13. The highest BCUT2D eigenvalue weighted by molar-refractivity contribution is 5.26. The molecule has 0 aromatic heterocycles. The predicted molar refractivity (Wildman–Crippen MR) is 58.8 cm³/mol. The summed E-state index contributed by atoms with van der Waals surface area (Å²) in [5, 5.41) is 3.20. The van der Waals surface area contributed by atoms with E-state index in [2.05, 4.69) is 17.0 Å². The fraction of sp³-hybridized carbons (Fsp3) is 0.909. The molecular formula is C11H19N3O. The molecule has 5 atom stereocenters. The van der Waals surface area contributed by atoms with Crippen LogP contribution in [0.5, 0.6) is 0 Å². The molecule has 3 N–H and O–H groups in total. The third kappa shape index (κ3) is 1.35. The van der Waals surface area contributed by atoms with E-state index in [4.69, 9.17) is 10.5 Å². The monoisotopic (exact) mass is 209 g/mol. The molecule has 1 saturated heterocycles. The van der Waals surface area contributed by atoms with Crippen molar-refractivity contribution in [2.24, 2.45) is 28.5 Å². The molecule has 3 rings (SSSR count). The molecule has 4 nitrogen and oxygen atoms in total. The molecule has 0 amide bonds. The Balaban J connectivity index is 1.50. The fourth-order valence-corrected chi connectivity index (χ4v) is 3.39. The zero-order valence-electron chi connectivity index (χ0n) is 8.98. The highest BCUT2D eigenvalue weighted by Crippen LogP contribution is 2.71. The molecule has 2 aliphatic carbocycles. The molecular weight excluding hydrogens is 190 g/mol. The molecule has 5 unspecified atom stereocenters. The van der Waals surface area contributed by atoms with Crippen LogP contribution in [0.1, 0.15) is 12.8 Å². The first-order chi connectivity index (χ1) is 7.32. The Morgan fingerprint density at radius 1 is 1.60 bits per heavy atom. The first kappa shape index (κ1) is 9.75. The van der Waals surface area contributed by atoms with E-state index in [1.165, 1.54) is 6.42 Å². The zero-order valence-corrected chi connectivity index (χ0v) is 8.98. The lowest BCUT2D eigenvalue weighted by Gasteiger charge is -2.16. The largest absolute Gasteiger partial charge is 0.370 e. The second-order valence-corrected chi connectivity index (χ2v) is 5.07. The molecule has 84 valence electrons. The number of nitrogens with one attached hydrogen (secondary N) is 1. The summed E-state index contributed by atoms with van der Waals surface area (Å²) in [5.41, 5.74) is 5.61. The van der Waals surface area contributed by atoms with Crippen LogP contribution < -0.4 is 11.1 Å². The van der Waals surface area contributed by atoms with Crippen molar-refractivity contribution >= 4 is 6.72 Å². The molecule has 4 heteroatoms. The Morgan fingerprint density at radius 2 is 2.47 bits per heavy atom. The summed E-state index contributed by atoms with van der Waals surface area (Å²) in [4.78, 5) is 3.91. The molecule has 3 aliphatic rings. The highest BCUT2D eigenvalue weighted by Gasteiger charge is 2.76. The molecule has 15 heavy (non-hydrogen) atoms. The van der Waals surface area contributed by atoms with Crippen molar-refractivity contribution in [2.75, 3.05) is 19.8 Å². The standard InChI is InChI=1S/C11H19N3O/c1-13-3-2-7-9-8-4-11(8,5-14-6-12)15-10(7)9/h7-10,14H,1-6,12H2. The molecule has 0 aromatic carbocycles. The van der Waals surface area contributed by atoms with Gasteiger partial charge in [0.1, 0.15) is 0 Å². The topological polar surface area (TPSA) is 59.6 Å². The predicted octanol–water partition coefficient (Wildman–Crippen LogP) is -0.0136. The minimum atomic E-state index is 0.173. The van der Waals surface area contributed by atoms with Gasteiger partial charge in [0, 0.05) is 19.8 Å². The van der Waals surface area contributed by atoms with Crippen LogP contribution in [0.15, 0.2) is 4.99 Å². The van der Waals surface area contributed by atoms with Crippen molar-refractivity contribution in [3.05, 3.63) is 0 Å². The summed E-state index contributed by atoms with van der Waals surface area (Å²) in [6, 6.07) is 0. The van der Waals surface area contributed by atoms with Crippen molar-refractivity contribution in [3.8, 4) is 0 Å². The van der Waals surface area contributed by atoms with Gasteiger partial charge >= 0.3 is 0 Å². The van der Waals surface area contributed by atoms with E-state index in [9.17, 15) is 0 Å². The molecule has 0 radical (unpaired) electrons. The molecule has 0 bridgehead atoms. The van der Waals surface area contributed by atoms with Crippen LogP contribution in [0.4, 0.5) is 0 Å². The normalized spacial score (nSPS) is 49.7. The van der Waals surface area contributed by atoms with E-state index in [1.807, 2.05) is 0 Å². The van der Waals surface area contributed by atoms with Gasteiger partial charge in [-0.15, -0.1) is 0 Å². The Bertz CT molecular complexity index is 283. The molecule has 2 saturated carbocycles. The van der Waals surface area contributed by atoms with E-state index >= 15 is 0 Å². The Morgan fingerprint density at radius 3 is 3.07 bits per heavy atom. The second kappa shape index (κ2) is 3.27. The van der Waals surface area contributed by atoms with Gasteiger partial charge in [-0.05, 0) is 37.3 Å². The molecule has 3 fully saturated rings. The second-order valence-electron chi connectivity index (χ2n) is 5.07. The number of nitrogens with two attached hydrogens (primary N) is 1. The zero-order chi connectivity index (χ0) is 10.5. The first-order valence-electron chi connectivity index (χ1n) is 5.83. The van der Waals surface area contributed by atoms with Gasteiger partial charge in [-0.1, -0.05) is 0 Å². The number of hydrogen-bond acceptors (Lipinski definition) is 4. The van der Waals surface area contributed by atoms with Crippen LogP contribution in [0, 0.1) is 17.8 Å². The number of rotatable bonds is 6. The molecule has 0 spiro atoms.